The first kappa shape index (κ1) is 21.5. The lowest BCUT2D eigenvalue weighted by Crippen LogP contribution is -2.48. The van der Waals surface area contributed by atoms with Crippen LogP contribution in [0.3, 0.4) is 0 Å². The van der Waals surface area contributed by atoms with Crippen LogP contribution in [0.5, 0.6) is 5.75 Å². The average Bonchev–Trinajstić information content (AvgIpc) is 3.12. The molecule has 2 N–H and O–H groups in total. The number of anilines is 2. The summed E-state index contributed by atoms with van der Waals surface area (Å²) in [6.07, 6.45) is 0.149. The van der Waals surface area contributed by atoms with E-state index in [9.17, 15) is 18.4 Å². The summed E-state index contributed by atoms with van der Waals surface area (Å²) in [4.78, 5) is 33.2. The number of aryl methyl sites for hydroxylation is 1. The van der Waals surface area contributed by atoms with Crippen molar-refractivity contribution in [3.05, 3.63) is 34.1 Å². The number of benzene rings is 1. The molecule has 13 heteroatoms. The number of aromatic nitrogens is 5. The number of carboxylic acid groups (broad SMARTS) is 1. The number of ether oxygens (including phenoxy) is 1. The van der Waals surface area contributed by atoms with Crippen molar-refractivity contribution in [3.63, 3.8) is 0 Å². The molecule has 2 aromatic heterocycles. The van der Waals surface area contributed by atoms with Crippen molar-refractivity contribution in [1.82, 2.24) is 25.0 Å². The van der Waals surface area contributed by atoms with Crippen LogP contribution in [-0.4, -0.2) is 68.8 Å². The van der Waals surface area contributed by atoms with Gasteiger partial charge in [-0.05, 0) is 6.42 Å². The van der Waals surface area contributed by atoms with E-state index in [1.165, 1.54) is 4.68 Å². The Balaban J connectivity index is 1.43. The molecule has 3 heterocycles. The van der Waals surface area contributed by atoms with E-state index in [-0.39, 0.29) is 36.4 Å². The van der Waals surface area contributed by atoms with Crippen LogP contribution < -0.4 is 20.1 Å². The van der Waals surface area contributed by atoms with Crippen molar-refractivity contribution < 1.29 is 23.4 Å². The van der Waals surface area contributed by atoms with Gasteiger partial charge in [0.2, 0.25) is 5.95 Å². The number of fused-ring (bicyclic) bond motifs is 1. The van der Waals surface area contributed by atoms with Gasteiger partial charge >= 0.3 is 5.97 Å². The minimum Gasteiger partial charge on any atom is -0.493 e. The fraction of sp³-hybridized carbons (Fsp3) is 0.421. The first-order valence-electron chi connectivity index (χ1n) is 9.96. The summed E-state index contributed by atoms with van der Waals surface area (Å²) in [7, 11) is 1.63. The Labute approximate surface area is 180 Å². The molecule has 1 aromatic carbocycles. The number of aromatic amines is 1. The molecule has 3 aromatic rings. The molecule has 1 saturated heterocycles. The molecule has 0 saturated carbocycles. The summed E-state index contributed by atoms with van der Waals surface area (Å²) in [5.74, 6) is -2.14. The largest absolute Gasteiger partial charge is 0.493 e. The number of carbonyl (C=O) groups is 1. The van der Waals surface area contributed by atoms with Gasteiger partial charge in [-0.15, -0.1) is 5.10 Å². The number of piperazine rings is 1. The first-order chi connectivity index (χ1) is 15.3. The van der Waals surface area contributed by atoms with Gasteiger partial charge in [0.25, 0.3) is 5.56 Å². The minimum absolute atomic E-state index is 0.00707. The number of H-pyrrole nitrogens is 1. The molecule has 1 fully saturated rings. The Morgan fingerprint density at radius 2 is 1.84 bits per heavy atom. The Hall–Kier alpha value is -3.77. The van der Waals surface area contributed by atoms with Crippen LogP contribution in [0.1, 0.15) is 12.8 Å². The van der Waals surface area contributed by atoms with E-state index in [1.54, 1.807) is 11.9 Å². The van der Waals surface area contributed by atoms with E-state index < -0.39 is 23.2 Å². The normalized spacial score (nSPS) is 14.2. The van der Waals surface area contributed by atoms with Crippen LogP contribution in [-0.2, 0) is 11.8 Å². The lowest BCUT2D eigenvalue weighted by molar-refractivity contribution is -0.137. The van der Waals surface area contributed by atoms with Crippen LogP contribution in [0.2, 0.25) is 0 Å². The minimum atomic E-state index is -0.961. The maximum atomic E-state index is 14.6. The molecule has 0 radical (unpaired) electrons. The smallest absolute Gasteiger partial charge is 0.303 e. The van der Waals surface area contributed by atoms with Crippen molar-refractivity contribution in [2.24, 2.45) is 7.05 Å². The van der Waals surface area contributed by atoms with Crippen molar-refractivity contribution in [3.8, 4) is 5.75 Å². The number of rotatable bonds is 7. The van der Waals surface area contributed by atoms with Crippen molar-refractivity contribution in [1.29, 1.82) is 0 Å². The molecule has 0 unspecified atom stereocenters. The zero-order chi connectivity index (χ0) is 22.8. The third-order valence-electron chi connectivity index (χ3n) is 5.14. The van der Waals surface area contributed by atoms with E-state index in [0.29, 0.717) is 37.8 Å². The summed E-state index contributed by atoms with van der Waals surface area (Å²) in [6, 6.07) is 2.18. The number of hydrogen-bond donors (Lipinski definition) is 2. The number of halogens is 2. The van der Waals surface area contributed by atoms with E-state index in [2.05, 4.69) is 20.3 Å². The Bertz CT molecular complexity index is 1180. The highest BCUT2D eigenvalue weighted by molar-refractivity contribution is 5.69. The van der Waals surface area contributed by atoms with E-state index in [1.807, 2.05) is 4.90 Å². The highest BCUT2D eigenvalue weighted by Crippen LogP contribution is 2.29. The van der Waals surface area contributed by atoms with Gasteiger partial charge in [-0.1, -0.05) is 5.21 Å². The predicted molar refractivity (Wildman–Crippen MR) is 110 cm³/mol. The lowest BCUT2D eigenvalue weighted by Gasteiger charge is -2.36. The second-order valence-corrected chi connectivity index (χ2v) is 7.33. The molecule has 170 valence electrons. The van der Waals surface area contributed by atoms with Gasteiger partial charge in [0.15, 0.2) is 22.8 Å². The monoisotopic (exact) mass is 449 g/mol. The third kappa shape index (κ3) is 4.31. The second-order valence-electron chi connectivity index (χ2n) is 7.33. The number of nitrogens with zero attached hydrogens (tertiary/aromatic N) is 6. The van der Waals surface area contributed by atoms with Crippen molar-refractivity contribution in [2.45, 2.75) is 12.8 Å². The average molecular weight is 449 g/mol. The lowest BCUT2D eigenvalue weighted by atomic mass is 10.2. The van der Waals surface area contributed by atoms with Gasteiger partial charge in [0, 0.05) is 51.8 Å². The topological polar surface area (TPSA) is 129 Å². The summed E-state index contributed by atoms with van der Waals surface area (Å²) < 4.78 is 36.0. The molecule has 0 spiro atoms. The fourth-order valence-electron chi connectivity index (χ4n) is 3.55. The van der Waals surface area contributed by atoms with Gasteiger partial charge in [0.05, 0.1) is 6.61 Å². The molecular formula is C19H21F2N7O4. The second kappa shape index (κ2) is 8.77. The van der Waals surface area contributed by atoms with Gasteiger partial charge < -0.3 is 19.6 Å². The fourth-order valence-corrected chi connectivity index (χ4v) is 3.55. The number of hydrogen-bond acceptors (Lipinski definition) is 8. The number of nitrogens with one attached hydrogen (secondary N) is 1. The highest BCUT2D eigenvalue weighted by atomic mass is 19.1. The van der Waals surface area contributed by atoms with E-state index in [4.69, 9.17) is 9.84 Å². The Morgan fingerprint density at radius 1 is 1.19 bits per heavy atom. The van der Waals surface area contributed by atoms with E-state index >= 15 is 0 Å². The van der Waals surface area contributed by atoms with Gasteiger partial charge in [0.1, 0.15) is 11.4 Å². The summed E-state index contributed by atoms with van der Waals surface area (Å²) in [6.45, 7) is 1.42. The molecule has 11 nitrogen and oxygen atoms in total. The standard InChI is InChI=1S/C19H21F2N7O4/c1-26-17-15(24-25-26)18(31)23-19(22-17)28-6-4-27(5-7-28)16-12(20)9-11(10-13(16)21)32-8-2-3-14(29)30/h9-10H,2-8H2,1H3,(H,29,30)(H,22,23,31). The van der Waals surface area contributed by atoms with Crippen LogP contribution >= 0.6 is 0 Å². The van der Waals surface area contributed by atoms with Gasteiger partial charge in [-0.2, -0.15) is 4.98 Å². The highest BCUT2D eigenvalue weighted by Gasteiger charge is 2.25. The maximum Gasteiger partial charge on any atom is 0.303 e. The molecule has 0 amide bonds. The van der Waals surface area contributed by atoms with E-state index in [0.717, 1.165) is 12.1 Å². The van der Waals surface area contributed by atoms with Crippen LogP contribution in [0.25, 0.3) is 11.2 Å². The summed E-state index contributed by atoms with van der Waals surface area (Å²) >= 11 is 0. The summed E-state index contributed by atoms with van der Waals surface area (Å²) in [5.41, 5.74) is -0.0710. The van der Waals surface area contributed by atoms with Crippen LogP contribution in [0, 0.1) is 11.6 Å². The SMILES string of the molecule is Cn1nnc2c(=O)[nH]c(N3CCN(c4c(F)cc(OCCCC(=O)O)cc4F)CC3)nc21. The third-order valence-corrected chi connectivity index (χ3v) is 5.14. The van der Waals surface area contributed by atoms with Gasteiger partial charge in [-0.25, -0.2) is 13.5 Å². The Morgan fingerprint density at radius 3 is 2.50 bits per heavy atom. The Kier molecular flexibility index (Phi) is 5.88. The molecule has 0 aliphatic carbocycles. The molecule has 0 atom stereocenters. The first-order valence-corrected chi connectivity index (χ1v) is 9.96. The molecule has 0 bridgehead atoms. The number of carboxylic acids is 1. The van der Waals surface area contributed by atoms with Crippen molar-refractivity contribution in [2.75, 3.05) is 42.6 Å². The van der Waals surface area contributed by atoms with Gasteiger partial charge in [-0.3, -0.25) is 14.6 Å². The summed E-state index contributed by atoms with van der Waals surface area (Å²) in [5, 5.41) is 16.2. The molecule has 1 aliphatic rings. The predicted octanol–water partition coefficient (Wildman–Crippen LogP) is 0.900. The van der Waals surface area contributed by atoms with Crippen LogP contribution in [0.4, 0.5) is 20.4 Å². The molecule has 1 aliphatic heterocycles. The van der Waals surface area contributed by atoms with Crippen LogP contribution in [0.15, 0.2) is 16.9 Å². The zero-order valence-electron chi connectivity index (χ0n) is 17.2. The molecule has 32 heavy (non-hydrogen) atoms. The maximum absolute atomic E-state index is 14.6. The van der Waals surface area contributed by atoms with Crippen molar-refractivity contribution >= 4 is 28.8 Å². The molecule has 4 rings (SSSR count). The molecular weight excluding hydrogens is 428 g/mol. The zero-order valence-corrected chi connectivity index (χ0v) is 17.2. The number of aliphatic carboxylic acids is 1. The quantitative estimate of drug-likeness (QED) is 0.505.